The van der Waals surface area contributed by atoms with Crippen molar-refractivity contribution in [2.75, 3.05) is 12.8 Å². The third kappa shape index (κ3) is 4.33. The highest BCUT2D eigenvalue weighted by Gasteiger charge is 2.17. The number of sulfone groups is 1. The van der Waals surface area contributed by atoms with E-state index in [1.54, 1.807) is 12.1 Å². The van der Waals surface area contributed by atoms with E-state index in [0.717, 1.165) is 6.26 Å². The molecule has 1 atom stereocenters. The lowest BCUT2D eigenvalue weighted by molar-refractivity contribution is 0.0927. The van der Waals surface area contributed by atoms with Gasteiger partial charge in [0.2, 0.25) is 0 Å². The molecule has 0 bridgehead atoms. The second kappa shape index (κ2) is 6.16. The Morgan fingerprint density at radius 1 is 1.37 bits per heavy atom. The fourth-order valence-electron chi connectivity index (χ4n) is 1.62. The van der Waals surface area contributed by atoms with Crippen LogP contribution >= 0.6 is 0 Å². The van der Waals surface area contributed by atoms with Crippen molar-refractivity contribution < 1.29 is 13.2 Å². The van der Waals surface area contributed by atoms with Crippen molar-refractivity contribution in [3.63, 3.8) is 0 Å². The third-order valence-electron chi connectivity index (χ3n) is 2.90. The van der Waals surface area contributed by atoms with Gasteiger partial charge in [0.1, 0.15) is 0 Å². The lowest BCUT2D eigenvalue weighted by Gasteiger charge is -2.20. The number of carbonyl (C=O) groups is 1. The van der Waals surface area contributed by atoms with E-state index in [4.69, 9.17) is 5.73 Å². The predicted molar refractivity (Wildman–Crippen MR) is 74.7 cm³/mol. The summed E-state index contributed by atoms with van der Waals surface area (Å²) in [5, 5.41) is 2.80. The molecule has 5 nitrogen and oxygen atoms in total. The van der Waals surface area contributed by atoms with Gasteiger partial charge in [0.25, 0.3) is 5.91 Å². The quantitative estimate of drug-likeness (QED) is 0.837. The Kier molecular flexibility index (Phi) is 5.08. The second-order valence-electron chi connectivity index (χ2n) is 4.86. The number of nitrogens with one attached hydrogen (secondary N) is 1. The average molecular weight is 284 g/mol. The lowest BCUT2D eigenvalue weighted by Crippen LogP contribution is -2.43. The average Bonchev–Trinajstić information content (AvgIpc) is 2.34. The molecule has 0 fully saturated rings. The molecule has 0 aliphatic heterocycles. The highest BCUT2D eigenvalue weighted by molar-refractivity contribution is 7.90. The largest absolute Gasteiger partial charge is 0.348 e. The Balaban J connectivity index is 2.95. The summed E-state index contributed by atoms with van der Waals surface area (Å²) < 4.78 is 22.9. The van der Waals surface area contributed by atoms with E-state index >= 15 is 0 Å². The smallest absolute Gasteiger partial charge is 0.251 e. The van der Waals surface area contributed by atoms with Crippen LogP contribution in [-0.2, 0) is 9.84 Å². The third-order valence-corrected chi connectivity index (χ3v) is 4.01. The molecule has 0 aromatic heterocycles. The Labute approximate surface area is 114 Å². The van der Waals surface area contributed by atoms with Crippen LogP contribution in [0.4, 0.5) is 0 Å². The Morgan fingerprint density at radius 3 is 2.47 bits per heavy atom. The van der Waals surface area contributed by atoms with Crippen molar-refractivity contribution in [3.05, 3.63) is 29.8 Å². The fraction of sp³-hybridized carbons (Fsp3) is 0.462. The van der Waals surface area contributed by atoms with Crippen molar-refractivity contribution in [1.82, 2.24) is 5.32 Å². The summed E-state index contributed by atoms with van der Waals surface area (Å²) in [6.07, 6.45) is 1.11. The molecule has 1 unspecified atom stereocenters. The molecule has 3 N–H and O–H groups in total. The van der Waals surface area contributed by atoms with Crippen molar-refractivity contribution in [2.45, 2.75) is 24.8 Å². The minimum atomic E-state index is -3.31. The van der Waals surface area contributed by atoms with Crippen LogP contribution in [0.5, 0.6) is 0 Å². The van der Waals surface area contributed by atoms with Gasteiger partial charge in [-0.05, 0) is 24.1 Å². The highest BCUT2D eigenvalue weighted by atomic mass is 32.2. The van der Waals surface area contributed by atoms with Crippen molar-refractivity contribution >= 4 is 15.7 Å². The zero-order valence-electron chi connectivity index (χ0n) is 11.4. The molecule has 0 aliphatic carbocycles. The minimum Gasteiger partial charge on any atom is -0.348 e. The number of amides is 1. The molecule has 106 valence electrons. The number of carbonyl (C=O) groups excluding carboxylic acids is 1. The maximum atomic E-state index is 12.0. The minimum absolute atomic E-state index is 0.130. The summed E-state index contributed by atoms with van der Waals surface area (Å²) in [6.45, 7) is 4.27. The summed E-state index contributed by atoms with van der Waals surface area (Å²) in [5.74, 6) is -0.0957. The summed E-state index contributed by atoms with van der Waals surface area (Å²) >= 11 is 0. The Hall–Kier alpha value is -1.40. The molecule has 0 saturated heterocycles. The molecule has 19 heavy (non-hydrogen) atoms. The van der Waals surface area contributed by atoms with Crippen molar-refractivity contribution in [2.24, 2.45) is 11.7 Å². The van der Waals surface area contributed by atoms with Gasteiger partial charge in [-0.1, -0.05) is 19.9 Å². The first kappa shape index (κ1) is 15.7. The topological polar surface area (TPSA) is 89.3 Å². The molecular weight excluding hydrogens is 264 g/mol. The van der Waals surface area contributed by atoms with Gasteiger partial charge in [0.05, 0.1) is 4.90 Å². The molecule has 0 spiro atoms. The number of benzene rings is 1. The van der Waals surface area contributed by atoms with Crippen LogP contribution < -0.4 is 11.1 Å². The van der Waals surface area contributed by atoms with E-state index in [0.29, 0.717) is 12.1 Å². The maximum Gasteiger partial charge on any atom is 0.251 e. The van der Waals surface area contributed by atoms with Crippen molar-refractivity contribution in [3.8, 4) is 0 Å². The standard InChI is InChI=1S/C13H20N2O3S/c1-9(2)12(8-14)15-13(16)10-5-4-6-11(7-10)19(3,17)18/h4-7,9,12H,8,14H2,1-3H3,(H,15,16). The molecule has 1 aromatic carbocycles. The SMILES string of the molecule is CC(C)C(CN)NC(=O)c1cccc(S(C)(=O)=O)c1. The lowest BCUT2D eigenvalue weighted by atomic mass is 10.0. The van der Waals surface area contributed by atoms with E-state index < -0.39 is 9.84 Å². The van der Waals surface area contributed by atoms with Crippen LogP contribution in [0.2, 0.25) is 0 Å². The molecule has 1 rings (SSSR count). The normalized spacial score (nSPS) is 13.3. The molecule has 1 aromatic rings. The maximum absolute atomic E-state index is 12.0. The second-order valence-corrected chi connectivity index (χ2v) is 6.88. The van der Waals surface area contributed by atoms with Crippen LogP contribution in [0.1, 0.15) is 24.2 Å². The van der Waals surface area contributed by atoms with E-state index in [1.165, 1.54) is 12.1 Å². The highest BCUT2D eigenvalue weighted by Crippen LogP contribution is 2.12. The first-order valence-corrected chi connectivity index (χ1v) is 7.96. The molecule has 6 heteroatoms. The zero-order valence-corrected chi connectivity index (χ0v) is 12.2. The van der Waals surface area contributed by atoms with Crippen LogP contribution in [0.25, 0.3) is 0 Å². The molecular formula is C13H20N2O3S. The molecule has 0 aliphatic rings. The Morgan fingerprint density at radius 2 is 2.00 bits per heavy atom. The van der Waals surface area contributed by atoms with Gasteiger partial charge in [-0.2, -0.15) is 0 Å². The summed E-state index contributed by atoms with van der Waals surface area (Å²) in [5.41, 5.74) is 5.91. The van der Waals surface area contributed by atoms with Gasteiger partial charge in [-0.3, -0.25) is 4.79 Å². The first-order chi connectivity index (χ1) is 8.75. The van der Waals surface area contributed by atoms with Crippen LogP contribution in [-0.4, -0.2) is 33.2 Å². The van der Waals surface area contributed by atoms with Gasteiger partial charge in [-0.25, -0.2) is 8.42 Å². The molecule has 0 saturated carbocycles. The van der Waals surface area contributed by atoms with Crippen LogP contribution in [0.15, 0.2) is 29.2 Å². The summed E-state index contributed by atoms with van der Waals surface area (Å²) in [4.78, 5) is 12.2. The van der Waals surface area contributed by atoms with E-state index in [2.05, 4.69) is 5.32 Å². The number of rotatable bonds is 5. The first-order valence-electron chi connectivity index (χ1n) is 6.06. The van der Waals surface area contributed by atoms with Gasteiger partial charge in [0, 0.05) is 24.4 Å². The van der Waals surface area contributed by atoms with Gasteiger partial charge >= 0.3 is 0 Å². The van der Waals surface area contributed by atoms with Gasteiger partial charge in [-0.15, -0.1) is 0 Å². The predicted octanol–water partition coefficient (Wildman–Crippen LogP) is 0.803. The van der Waals surface area contributed by atoms with E-state index in [-0.39, 0.29) is 22.8 Å². The van der Waals surface area contributed by atoms with Crippen LogP contribution in [0.3, 0.4) is 0 Å². The van der Waals surface area contributed by atoms with Gasteiger partial charge in [0.15, 0.2) is 9.84 Å². The van der Waals surface area contributed by atoms with Gasteiger partial charge < -0.3 is 11.1 Å². The number of hydrogen-bond acceptors (Lipinski definition) is 4. The molecule has 0 radical (unpaired) electrons. The number of hydrogen-bond donors (Lipinski definition) is 2. The Bertz CT molecular complexity index is 553. The molecule has 1 amide bonds. The summed E-state index contributed by atoms with van der Waals surface area (Å²) in [6, 6.07) is 5.85. The number of nitrogens with two attached hydrogens (primary N) is 1. The molecule has 0 heterocycles. The summed E-state index contributed by atoms with van der Waals surface area (Å²) in [7, 11) is -3.31. The zero-order chi connectivity index (χ0) is 14.6. The van der Waals surface area contributed by atoms with Crippen LogP contribution in [0, 0.1) is 5.92 Å². The monoisotopic (exact) mass is 284 g/mol. The van der Waals surface area contributed by atoms with E-state index in [9.17, 15) is 13.2 Å². The van der Waals surface area contributed by atoms with E-state index in [1.807, 2.05) is 13.8 Å². The fourth-order valence-corrected chi connectivity index (χ4v) is 2.28. The van der Waals surface area contributed by atoms with Crippen molar-refractivity contribution in [1.29, 1.82) is 0 Å².